The zero-order chi connectivity index (χ0) is 12.6. The van der Waals surface area contributed by atoms with Crippen LogP contribution in [0.5, 0.6) is 5.88 Å². The van der Waals surface area contributed by atoms with Crippen LogP contribution in [0, 0.1) is 0 Å². The summed E-state index contributed by atoms with van der Waals surface area (Å²) in [7, 11) is 0. The number of aryl methyl sites for hydroxylation is 1. The van der Waals surface area contributed by atoms with Gasteiger partial charge in [-0.2, -0.15) is 4.98 Å². The number of anilines is 1. The van der Waals surface area contributed by atoms with E-state index in [1.165, 1.54) is 11.8 Å². The van der Waals surface area contributed by atoms with E-state index in [2.05, 4.69) is 27.5 Å². The van der Waals surface area contributed by atoms with Gasteiger partial charge in [0.15, 0.2) is 5.82 Å². The average Bonchev–Trinajstić information content (AvgIpc) is 2.45. The number of nitrogens with zero attached hydrogens (tertiary/aromatic N) is 2. The first-order valence-electron chi connectivity index (χ1n) is 5.84. The molecule has 1 aromatic carbocycles. The molecule has 0 saturated carbocycles. The van der Waals surface area contributed by atoms with Gasteiger partial charge in [0.25, 0.3) is 0 Å². The number of nitrogens with one attached hydrogen (secondary N) is 1. The average molecular weight is 244 g/mol. The molecule has 1 heterocycles. The molecule has 0 aliphatic rings. The topological polar surface area (TPSA) is 73.1 Å². The molecule has 2 rings (SSSR count). The molecule has 0 aliphatic heterocycles. The number of nitrogen functional groups attached to an aromatic ring is 1. The van der Waals surface area contributed by atoms with E-state index < -0.39 is 0 Å². The second-order valence-corrected chi connectivity index (χ2v) is 3.82. The standard InChI is InChI=1S/C13H16N4O/c14-17-12-9-15-10-13(16-12)18-8-4-7-11-5-2-1-3-6-11/h1-3,5-6,9-10H,4,7-8,14H2,(H,16,17). The maximum absolute atomic E-state index is 5.50. The van der Waals surface area contributed by atoms with E-state index >= 15 is 0 Å². The molecule has 5 nitrogen and oxygen atoms in total. The van der Waals surface area contributed by atoms with Crippen molar-refractivity contribution in [3.63, 3.8) is 0 Å². The van der Waals surface area contributed by atoms with Gasteiger partial charge in [-0.3, -0.25) is 4.98 Å². The summed E-state index contributed by atoms with van der Waals surface area (Å²) in [5, 5.41) is 0. The Morgan fingerprint density at radius 1 is 1.17 bits per heavy atom. The molecule has 0 amide bonds. The Balaban J connectivity index is 1.75. The molecule has 0 bridgehead atoms. The van der Waals surface area contributed by atoms with Crippen LogP contribution in [0.15, 0.2) is 42.7 Å². The molecular weight excluding hydrogens is 228 g/mol. The van der Waals surface area contributed by atoms with Crippen molar-refractivity contribution in [1.29, 1.82) is 0 Å². The molecule has 3 N–H and O–H groups in total. The van der Waals surface area contributed by atoms with Gasteiger partial charge in [-0.1, -0.05) is 30.3 Å². The first-order valence-corrected chi connectivity index (χ1v) is 5.84. The summed E-state index contributed by atoms with van der Waals surface area (Å²) < 4.78 is 5.50. The number of rotatable bonds is 6. The van der Waals surface area contributed by atoms with Crippen LogP contribution >= 0.6 is 0 Å². The number of aromatic nitrogens is 2. The number of hydrogen-bond acceptors (Lipinski definition) is 5. The quantitative estimate of drug-likeness (QED) is 0.460. The van der Waals surface area contributed by atoms with Gasteiger partial charge in [-0.25, -0.2) is 5.84 Å². The zero-order valence-electron chi connectivity index (χ0n) is 10.0. The molecule has 0 radical (unpaired) electrons. The molecule has 5 heteroatoms. The molecule has 0 fully saturated rings. The molecule has 1 aromatic heterocycles. The fourth-order valence-electron chi connectivity index (χ4n) is 1.58. The lowest BCUT2D eigenvalue weighted by molar-refractivity contribution is 0.298. The maximum atomic E-state index is 5.50. The van der Waals surface area contributed by atoms with Crippen LogP contribution in [-0.4, -0.2) is 16.6 Å². The van der Waals surface area contributed by atoms with E-state index in [9.17, 15) is 0 Å². The van der Waals surface area contributed by atoms with Gasteiger partial charge >= 0.3 is 0 Å². The summed E-state index contributed by atoms with van der Waals surface area (Å²) in [6.07, 6.45) is 5.04. The van der Waals surface area contributed by atoms with E-state index in [1.54, 1.807) is 6.20 Å². The monoisotopic (exact) mass is 244 g/mol. The Morgan fingerprint density at radius 3 is 2.78 bits per heavy atom. The van der Waals surface area contributed by atoms with Gasteiger partial charge in [0.1, 0.15) is 0 Å². The number of hydrogen-bond donors (Lipinski definition) is 2. The summed E-state index contributed by atoms with van der Waals surface area (Å²) in [6.45, 7) is 0.609. The smallest absolute Gasteiger partial charge is 0.234 e. The van der Waals surface area contributed by atoms with Crippen LogP contribution in [0.2, 0.25) is 0 Å². The van der Waals surface area contributed by atoms with E-state index in [-0.39, 0.29) is 0 Å². The third-order valence-corrected chi connectivity index (χ3v) is 2.46. The lowest BCUT2D eigenvalue weighted by Gasteiger charge is -2.06. The van der Waals surface area contributed by atoms with Crippen molar-refractivity contribution in [1.82, 2.24) is 9.97 Å². The molecule has 0 atom stereocenters. The SMILES string of the molecule is NNc1cncc(OCCCc2ccccc2)n1. The van der Waals surface area contributed by atoms with Gasteiger partial charge < -0.3 is 10.2 Å². The van der Waals surface area contributed by atoms with Crippen molar-refractivity contribution in [3.05, 3.63) is 48.3 Å². The zero-order valence-corrected chi connectivity index (χ0v) is 10.0. The summed E-state index contributed by atoms with van der Waals surface area (Å²) in [5.74, 6) is 6.22. The molecule has 0 saturated heterocycles. The molecule has 0 unspecified atom stereocenters. The van der Waals surface area contributed by atoms with Gasteiger partial charge in [0.05, 0.1) is 19.0 Å². The molecule has 94 valence electrons. The van der Waals surface area contributed by atoms with Gasteiger partial charge in [0, 0.05) is 0 Å². The van der Waals surface area contributed by atoms with Crippen molar-refractivity contribution in [3.8, 4) is 5.88 Å². The number of benzene rings is 1. The first-order chi connectivity index (χ1) is 8.88. The predicted molar refractivity (Wildman–Crippen MR) is 70.1 cm³/mol. The van der Waals surface area contributed by atoms with Crippen LogP contribution in [0.1, 0.15) is 12.0 Å². The second kappa shape index (κ2) is 6.56. The summed E-state index contributed by atoms with van der Waals surface area (Å²) in [6, 6.07) is 10.3. The van der Waals surface area contributed by atoms with Crippen LogP contribution in [0.3, 0.4) is 0 Å². The second-order valence-electron chi connectivity index (χ2n) is 3.82. The van der Waals surface area contributed by atoms with E-state index in [0.29, 0.717) is 18.3 Å². The summed E-state index contributed by atoms with van der Waals surface area (Å²) in [5.41, 5.74) is 3.74. The Morgan fingerprint density at radius 2 is 2.00 bits per heavy atom. The highest BCUT2D eigenvalue weighted by Gasteiger charge is 1.98. The van der Waals surface area contributed by atoms with E-state index in [4.69, 9.17) is 10.6 Å². The molecule has 0 aliphatic carbocycles. The van der Waals surface area contributed by atoms with Crippen LogP contribution in [-0.2, 0) is 6.42 Å². The van der Waals surface area contributed by atoms with E-state index in [0.717, 1.165) is 12.8 Å². The number of ether oxygens (including phenoxy) is 1. The predicted octanol–water partition coefficient (Wildman–Crippen LogP) is 1.77. The minimum Gasteiger partial charge on any atom is -0.477 e. The van der Waals surface area contributed by atoms with Gasteiger partial charge in [-0.05, 0) is 18.4 Å². The van der Waals surface area contributed by atoms with Crippen molar-refractivity contribution in [2.45, 2.75) is 12.8 Å². The highest BCUT2D eigenvalue weighted by molar-refractivity contribution is 5.31. The Hall–Kier alpha value is -2.14. The maximum Gasteiger partial charge on any atom is 0.234 e. The fourth-order valence-corrected chi connectivity index (χ4v) is 1.58. The fraction of sp³-hybridized carbons (Fsp3) is 0.231. The highest BCUT2D eigenvalue weighted by atomic mass is 16.5. The van der Waals surface area contributed by atoms with Crippen LogP contribution in [0.4, 0.5) is 5.82 Å². The largest absolute Gasteiger partial charge is 0.477 e. The third kappa shape index (κ3) is 3.71. The van der Waals surface area contributed by atoms with Crippen LogP contribution < -0.4 is 16.0 Å². The number of nitrogens with two attached hydrogens (primary N) is 1. The molecular formula is C13H16N4O. The van der Waals surface area contributed by atoms with Crippen molar-refractivity contribution in [2.24, 2.45) is 5.84 Å². The normalized spacial score (nSPS) is 10.1. The van der Waals surface area contributed by atoms with Gasteiger partial charge in [-0.15, -0.1) is 0 Å². The Labute approximate surface area is 106 Å². The Kier molecular flexibility index (Phi) is 4.49. The first kappa shape index (κ1) is 12.3. The Bertz CT molecular complexity index is 475. The number of hydrazine groups is 1. The molecule has 2 aromatic rings. The summed E-state index contributed by atoms with van der Waals surface area (Å²) in [4.78, 5) is 8.08. The van der Waals surface area contributed by atoms with E-state index in [1.807, 2.05) is 18.2 Å². The summed E-state index contributed by atoms with van der Waals surface area (Å²) >= 11 is 0. The van der Waals surface area contributed by atoms with Crippen LogP contribution in [0.25, 0.3) is 0 Å². The van der Waals surface area contributed by atoms with Crippen molar-refractivity contribution < 1.29 is 4.74 Å². The minimum absolute atomic E-state index is 0.485. The molecule has 18 heavy (non-hydrogen) atoms. The lowest BCUT2D eigenvalue weighted by Crippen LogP contribution is -2.10. The lowest BCUT2D eigenvalue weighted by atomic mass is 10.1. The van der Waals surface area contributed by atoms with Crippen molar-refractivity contribution in [2.75, 3.05) is 12.0 Å². The highest BCUT2D eigenvalue weighted by Crippen LogP contribution is 2.09. The van der Waals surface area contributed by atoms with Gasteiger partial charge in [0.2, 0.25) is 5.88 Å². The minimum atomic E-state index is 0.485. The van der Waals surface area contributed by atoms with Crippen molar-refractivity contribution >= 4 is 5.82 Å². The third-order valence-electron chi connectivity index (χ3n) is 2.46. The molecule has 0 spiro atoms.